The molecule has 3 heterocycles. The first-order valence-electron chi connectivity index (χ1n) is 7.78. The maximum atomic E-state index is 12.4. The molecular formula is C13H26N4O2S. The molecule has 0 aromatic heterocycles. The molecule has 0 radical (unpaired) electrons. The van der Waals surface area contributed by atoms with Crippen LogP contribution >= 0.6 is 0 Å². The Morgan fingerprint density at radius 2 is 1.75 bits per heavy atom. The van der Waals surface area contributed by atoms with Crippen LogP contribution in [0.25, 0.3) is 0 Å². The molecule has 116 valence electrons. The fourth-order valence-electron chi connectivity index (χ4n) is 3.58. The Bertz CT molecular complexity index is 430. The third-order valence-corrected chi connectivity index (χ3v) is 7.43. The Balaban J connectivity index is 1.56. The number of piperidine rings is 2. The SMILES string of the molecule is NC1CNCCC1N1CCC(S(=O)(=O)N2CCC2)CC1. The minimum absolute atomic E-state index is 0.169. The molecule has 6 nitrogen and oxygen atoms in total. The summed E-state index contributed by atoms with van der Waals surface area (Å²) in [6.07, 6.45) is 3.61. The lowest BCUT2D eigenvalue weighted by molar-refractivity contribution is 0.120. The third kappa shape index (κ3) is 2.74. The minimum Gasteiger partial charge on any atom is -0.325 e. The number of rotatable bonds is 3. The Labute approximate surface area is 121 Å². The molecule has 0 aromatic carbocycles. The first kappa shape index (κ1) is 14.7. The molecule has 3 fully saturated rings. The van der Waals surface area contributed by atoms with Crippen LogP contribution in [0.15, 0.2) is 0 Å². The third-order valence-electron chi connectivity index (χ3n) is 5.03. The lowest BCUT2D eigenvalue weighted by atomic mass is 9.97. The maximum absolute atomic E-state index is 12.4. The zero-order valence-corrected chi connectivity index (χ0v) is 12.8. The smallest absolute Gasteiger partial charge is 0.217 e. The number of sulfonamides is 1. The second kappa shape index (κ2) is 5.88. The largest absolute Gasteiger partial charge is 0.325 e. The molecular weight excluding hydrogens is 276 g/mol. The van der Waals surface area contributed by atoms with Crippen molar-refractivity contribution in [3.63, 3.8) is 0 Å². The van der Waals surface area contributed by atoms with Crippen molar-refractivity contribution in [1.29, 1.82) is 0 Å². The second-order valence-electron chi connectivity index (χ2n) is 6.26. The van der Waals surface area contributed by atoms with E-state index in [0.29, 0.717) is 6.04 Å². The standard InChI is InChI=1S/C13H26N4O2S/c14-12-10-15-5-2-13(12)16-8-3-11(4-9-16)20(18,19)17-6-1-7-17/h11-13,15H,1-10,14H2. The van der Waals surface area contributed by atoms with E-state index in [9.17, 15) is 8.42 Å². The zero-order valence-electron chi connectivity index (χ0n) is 12.0. The van der Waals surface area contributed by atoms with Gasteiger partial charge in [0.1, 0.15) is 0 Å². The number of hydrogen-bond donors (Lipinski definition) is 2. The van der Waals surface area contributed by atoms with E-state index in [4.69, 9.17) is 5.73 Å². The van der Waals surface area contributed by atoms with Crippen LogP contribution in [0.4, 0.5) is 0 Å². The summed E-state index contributed by atoms with van der Waals surface area (Å²) in [5.74, 6) is 0. The van der Waals surface area contributed by atoms with Crippen molar-refractivity contribution in [2.24, 2.45) is 5.73 Å². The molecule has 2 unspecified atom stereocenters. The van der Waals surface area contributed by atoms with E-state index in [2.05, 4.69) is 10.2 Å². The van der Waals surface area contributed by atoms with Crippen LogP contribution < -0.4 is 11.1 Å². The fraction of sp³-hybridized carbons (Fsp3) is 1.00. The van der Waals surface area contributed by atoms with Crippen LogP contribution in [0.5, 0.6) is 0 Å². The zero-order chi connectivity index (χ0) is 14.2. The molecule has 3 aliphatic heterocycles. The van der Waals surface area contributed by atoms with E-state index in [1.165, 1.54) is 0 Å². The van der Waals surface area contributed by atoms with Crippen molar-refractivity contribution in [2.75, 3.05) is 39.3 Å². The Morgan fingerprint density at radius 1 is 1.05 bits per heavy atom. The van der Waals surface area contributed by atoms with Crippen molar-refractivity contribution < 1.29 is 8.42 Å². The fourth-order valence-corrected chi connectivity index (χ4v) is 5.58. The van der Waals surface area contributed by atoms with Gasteiger partial charge in [-0.25, -0.2) is 12.7 Å². The van der Waals surface area contributed by atoms with Crippen molar-refractivity contribution >= 4 is 10.0 Å². The number of nitrogens with one attached hydrogen (secondary N) is 1. The minimum atomic E-state index is -3.03. The highest BCUT2D eigenvalue weighted by atomic mass is 32.2. The van der Waals surface area contributed by atoms with Crippen LogP contribution in [-0.2, 0) is 10.0 Å². The van der Waals surface area contributed by atoms with Gasteiger partial charge in [0.2, 0.25) is 10.0 Å². The van der Waals surface area contributed by atoms with E-state index < -0.39 is 10.0 Å². The molecule has 2 atom stereocenters. The Hall–Kier alpha value is -0.210. The summed E-state index contributed by atoms with van der Waals surface area (Å²) in [5.41, 5.74) is 6.18. The van der Waals surface area contributed by atoms with Crippen molar-refractivity contribution in [3.8, 4) is 0 Å². The molecule has 3 N–H and O–H groups in total. The number of likely N-dealkylation sites (tertiary alicyclic amines) is 1. The lowest BCUT2D eigenvalue weighted by Gasteiger charge is -2.43. The molecule has 20 heavy (non-hydrogen) atoms. The summed E-state index contributed by atoms with van der Waals surface area (Å²) in [4.78, 5) is 2.41. The van der Waals surface area contributed by atoms with Gasteiger partial charge in [-0.2, -0.15) is 0 Å². The van der Waals surface area contributed by atoms with Crippen molar-refractivity contribution in [1.82, 2.24) is 14.5 Å². The Kier molecular flexibility index (Phi) is 4.33. The highest BCUT2D eigenvalue weighted by Gasteiger charge is 2.39. The molecule has 0 spiro atoms. The first-order chi connectivity index (χ1) is 9.59. The second-order valence-corrected chi connectivity index (χ2v) is 8.47. The van der Waals surface area contributed by atoms with Crippen LogP contribution in [0.2, 0.25) is 0 Å². The average Bonchev–Trinajstić information content (AvgIpc) is 2.37. The van der Waals surface area contributed by atoms with Gasteiger partial charge in [-0.1, -0.05) is 0 Å². The van der Waals surface area contributed by atoms with Gasteiger partial charge in [-0.05, 0) is 45.3 Å². The van der Waals surface area contributed by atoms with Gasteiger partial charge in [0.05, 0.1) is 5.25 Å². The van der Waals surface area contributed by atoms with Crippen molar-refractivity contribution in [3.05, 3.63) is 0 Å². The molecule has 0 saturated carbocycles. The lowest BCUT2D eigenvalue weighted by Crippen LogP contribution is -2.59. The number of nitrogens with zero attached hydrogens (tertiary/aromatic N) is 2. The summed E-state index contributed by atoms with van der Waals surface area (Å²) >= 11 is 0. The summed E-state index contributed by atoms with van der Waals surface area (Å²) in [7, 11) is -3.03. The van der Waals surface area contributed by atoms with Gasteiger partial charge in [0, 0.05) is 31.7 Å². The highest BCUT2D eigenvalue weighted by molar-refractivity contribution is 7.89. The van der Waals surface area contributed by atoms with Crippen LogP contribution in [0, 0.1) is 0 Å². The van der Waals surface area contributed by atoms with Gasteiger partial charge in [0.15, 0.2) is 0 Å². The van der Waals surface area contributed by atoms with Gasteiger partial charge < -0.3 is 11.1 Å². The molecule has 0 amide bonds. The van der Waals surface area contributed by atoms with Crippen LogP contribution in [0.1, 0.15) is 25.7 Å². The summed E-state index contributed by atoms with van der Waals surface area (Å²) < 4.78 is 26.4. The summed E-state index contributed by atoms with van der Waals surface area (Å²) in [6, 6.07) is 0.594. The van der Waals surface area contributed by atoms with Gasteiger partial charge in [-0.3, -0.25) is 4.90 Å². The normalized spacial score (nSPS) is 34.9. The average molecular weight is 302 g/mol. The number of nitrogens with two attached hydrogens (primary N) is 1. The molecule has 3 rings (SSSR count). The molecule has 0 aromatic rings. The predicted molar refractivity (Wildman–Crippen MR) is 79.0 cm³/mol. The molecule has 3 saturated heterocycles. The molecule has 0 bridgehead atoms. The molecule has 3 aliphatic rings. The van der Waals surface area contributed by atoms with E-state index in [1.807, 2.05) is 0 Å². The predicted octanol–water partition coefficient (Wildman–Crippen LogP) is -0.824. The van der Waals surface area contributed by atoms with Gasteiger partial charge in [-0.15, -0.1) is 0 Å². The van der Waals surface area contributed by atoms with E-state index in [1.54, 1.807) is 4.31 Å². The maximum Gasteiger partial charge on any atom is 0.217 e. The quantitative estimate of drug-likeness (QED) is 0.712. The first-order valence-corrected chi connectivity index (χ1v) is 9.28. The monoisotopic (exact) mass is 302 g/mol. The number of hydrogen-bond acceptors (Lipinski definition) is 5. The van der Waals surface area contributed by atoms with Crippen LogP contribution in [-0.4, -0.2) is 74.2 Å². The van der Waals surface area contributed by atoms with E-state index in [-0.39, 0.29) is 11.3 Å². The van der Waals surface area contributed by atoms with Crippen molar-refractivity contribution in [2.45, 2.75) is 43.0 Å². The molecule has 0 aliphatic carbocycles. The highest BCUT2D eigenvalue weighted by Crippen LogP contribution is 2.26. The van der Waals surface area contributed by atoms with E-state index in [0.717, 1.165) is 65.0 Å². The topological polar surface area (TPSA) is 78.7 Å². The molecule has 7 heteroatoms. The summed E-state index contributed by atoms with van der Waals surface area (Å²) in [5, 5.41) is 3.14. The summed E-state index contributed by atoms with van der Waals surface area (Å²) in [6.45, 7) is 5.08. The Morgan fingerprint density at radius 3 is 2.30 bits per heavy atom. The van der Waals surface area contributed by atoms with Crippen LogP contribution in [0.3, 0.4) is 0 Å². The van der Waals surface area contributed by atoms with Gasteiger partial charge >= 0.3 is 0 Å². The van der Waals surface area contributed by atoms with Gasteiger partial charge in [0.25, 0.3) is 0 Å². The van der Waals surface area contributed by atoms with E-state index >= 15 is 0 Å².